The minimum absolute atomic E-state index is 0.0859. The number of carbonyl (C=O) groups excluding carboxylic acids is 1. The maximum absolute atomic E-state index is 12.0. The first-order valence-corrected chi connectivity index (χ1v) is 6.45. The summed E-state index contributed by atoms with van der Waals surface area (Å²) >= 11 is 0. The number of benzene rings is 2. The van der Waals surface area contributed by atoms with Crippen LogP contribution in [0.15, 0.2) is 48.5 Å². The molecular formula is C16H15NO2. The normalized spacial score (nSPS) is 13.3. The third-order valence-electron chi connectivity index (χ3n) is 3.20. The average molecular weight is 253 g/mol. The van der Waals surface area contributed by atoms with Crippen LogP contribution in [0.5, 0.6) is 5.75 Å². The quantitative estimate of drug-likeness (QED) is 0.892. The number of amides is 1. The number of aryl methyl sites for hydroxylation is 1. The predicted octanol–water partition coefficient (Wildman–Crippen LogP) is 3.26. The minimum atomic E-state index is -0.0859. The highest BCUT2D eigenvalue weighted by atomic mass is 16.5. The number of carbonyl (C=O) groups is 1. The molecule has 0 atom stereocenters. The molecule has 1 amide bonds. The van der Waals surface area contributed by atoms with Gasteiger partial charge in [0.2, 0.25) is 0 Å². The Balaban J connectivity index is 1.78. The molecule has 3 rings (SSSR count). The van der Waals surface area contributed by atoms with Crippen molar-refractivity contribution in [1.29, 1.82) is 0 Å². The van der Waals surface area contributed by atoms with Crippen molar-refractivity contribution in [2.75, 3.05) is 11.9 Å². The maximum Gasteiger partial charge on any atom is 0.255 e. The van der Waals surface area contributed by atoms with E-state index >= 15 is 0 Å². The SMILES string of the molecule is O=C(Nc1ccc2c(c1)CCCO2)c1ccccc1. The molecule has 2 aromatic rings. The molecule has 0 bridgehead atoms. The zero-order valence-corrected chi connectivity index (χ0v) is 10.6. The summed E-state index contributed by atoms with van der Waals surface area (Å²) in [6, 6.07) is 15.0. The summed E-state index contributed by atoms with van der Waals surface area (Å²) in [5.74, 6) is 0.848. The molecule has 0 aromatic heterocycles. The van der Waals surface area contributed by atoms with E-state index in [1.807, 2.05) is 36.4 Å². The summed E-state index contributed by atoms with van der Waals surface area (Å²) in [6.45, 7) is 0.780. The molecule has 2 aromatic carbocycles. The third-order valence-corrected chi connectivity index (χ3v) is 3.20. The Morgan fingerprint density at radius 2 is 1.95 bits per heavy atom. The van der Waals surface area contributed by atoms with Gasteiger partial charge in [0.25, 0.3) is 5.91 Å². The Morgan fingerprint density at radius 3 is 2.79 bits per heavy atom. The van der Waals surface area contributed by atoms with Crippen LogP contribution < -0.4 is 10.1 Å². The fraction of sp³-hybridized carbons (Fsp3) is 0.188. The second-order valence-electron chi connectivity index (χ2n) is 4.59. The summed E-state index contributed by atoms with van der Waals surface area (Å²) in [5.41, 5.74) is 2.65. The van der Waals surface area contributed by atoms with Crippen LogP contribution in [0.4, 0.5) is 5.69 Å². The summed E-state index contributed by atoms with van der Waals surface area (Å²) < 4.78 is 5.56. The lowest BCUT2D eigenvalue weighted by atomic mass is 10.1. The summed E-state index contributed by atoms with van der Waals surface area (Å²) in [7, 11) is 0. The van der Waals surface area contributed by atoms with E-state index in [4.69, 9.17) is 4.74 Å². The number of anilines is 1. The molecule has 0 fully saturated rings. The molecule has 0 radical (unpaired) electrons. The molecule has 0 unspecified atom stereocenters. The van der Waals surface area contributed by atoms with Gasteiger partial charge in [0, 0.05) is 11.3 Å². The van der Waals surface area contributed by atoms with Crippen LogP contribution in [-0.4, -0.2) is 12.5 Å². The Kier molecular flexibility index (Phi) is 3.19. The van der Waals surface area contributed by atoms with Gasteiger partial charge in [0.05, 0.1) is 6.61 Å². The van der Waals surface area contributed by atoms with Gasteiger partial charge in [-0.25, -0.2) is 0 Å². The molecule has 19 heavy (non-hydrogen) atoms. The topological polar surface area (TPSA) is 38.3 Å². The van der Waals surface area contributed by atoms with Crippen LogP contribution in [-0.2, 0) is 6.42 Å². The number of hydrogen-bond acceptors (Lipinski definition) is 2. The van der Waals surface area contributed by atoms with E-state index in [-0.39, 0.29) is 5.91 Å². The number of fused-ring (bicyclic) bond motifs is 1. The number of ether oxygens (including phenoxy) is 1. The highest BCUT2D eigenvalue weighted by Gasteiger charge is 2.12. The van der Waals surface area contributed by atoms with E-state index in [0.717, 1.165) is 36.4 Å². The van der Waals surface area contributed by atoms with Gasteiger partial charge in [-0.05, 0) is 48.7 Å². The first-order chi connectivity index (χ1) is 9.33. The lowest BCUT2D eigenvalue weighted by molar-refractivity contribution is 0.102. The van der Waals surface area contributed by atoms with Crippen molar-refractivity contribution in [2.24, 2.45) is 0 Å². The van der Waals surface area contributed by atoms with Crippen LogP contribution in [0.25, 0.3) is 0 Å². The minimum Gasteiger partial charge on any atom is -0.493 e. The number of rotatable bonds is 2. The smallest absolute Gasteiger partial charge is 0.255 e. The lowest BCUT2D eigenvalue weighted by Gasteiger charge is -2.18. The molecule has 96 valence electrons. The van der Waals surface area contributed by atoms with E-state index in [0.29, 0.717) is 5.56 Å². The first kappa shape index (κ1) is 11.8. The maximum atomic E-state index is 12.0. The van der Waals surface area contributed by atoms with Crippen molar-refractivity contribution in [1.82, 2.24) is 0 Å². The van der Waals surface area contributed by atoms with Crippen LogP contribution in [0.2, 0.25) is 0 Å². The van der Waals surface area contributed by atoms with Crippen LogP contribution in [0.1, 0.15) is 22.3 Å². The molecule has 1 N–H and O–H groups in total. The lowest BCUT2D eigenvalue weighted by Crippen LogP contribution is -2.13. The largest absolute Gasteiger partial charge is 0.493 e. The molecule has 1 heterocycles. The molecule has 1 aliphatic heterocycles. The molecule has 3 heteroatoms. The first-order valence-electron chi connectivity index (χ1n) is 6.45. The standard InChI is InChI=1S/C16H15NO2/c18-16(12-5-2-1-3-6-12)17-14-8-9-15-13(11-14)7-4-10-19-15/h1-3,5-6,8-9,11H,4,7,10H2,(H,17,18). The van der Waals surface area contributed by atoms with Crippen LogP contribution in [0, 0.1) is 0 Å². The number of nitrogens with one attached hydrogen (secondary N) is 1. The number of hydrogen-bond donors (Lipinski definition) is 1. The highest BCUT2D eigenvalue weighted by Crippen LogP contribution is 2.27. The van der Waals surface area contributed by atoms with Gasteiger partial charge < -0.3 is 10.1 Å². The predicted molar refractivity (Wildman–Crippen MR) is 74.7 cm³/mol. The van der Waals surface area contributed by atoms with Gasteiger partial charge in [0.15, 0.2) is 0 Å². The Morgan fingerprint density at radius 1 is 1.11 bits per heavy atom. The average Bonchev–Trinajstić information content (AvgIpc) is 2.48. The van der Waals surface area contributed by atoms with Crippen LogP contribution in [0.3, 0.4) is 0 Å². The van der Waals surface area contributed by atoms with E-state index in [1.165, 1.54) is 0 Å². The van der Waals surface area contributed by atoms with E-state index in [2.05, 4.69) is 5.32 Å². The Hall–Kier alpha value is -2.29. The van der Waals surface area contributed by atoms with Gasteiger partial charge in [-0.1, -0.05) is 18.2 Å². The summed E-state index contributed by atoms with van der Waals surface area (Å²) in [4.78, 5) is 12.0. The second kappa shape index (κ2) is 5.14. The van der Waals surface area contributed by atoms with E-state index in [9.17, 15) is 4.79 Å². The zero-order valence-electron chi connectivity index (χ0n) is 10.6. The van der Waals surface area contributed by atoms with Crippen molar-refractivity contribution >= 4 is 11.6 Å². The van der Waals surface area contributed by atoms with E-state index in [1.54, 1.807) is 12.1 Å². The molecule has 0 saturated carbocycles. The summed E-state index contributed by atoms with van der Waals surface area (Å²) in [6.07, 6.45) is 2.04. The molecule has 0 aliphatic carbocycles. The highest BCUT2D eigenvalue weighted by molar-refractivity contribution is 6.04. The van der Waals surface area contributed by atoms with Crippen LogP contribution >= 0.6 is 0 Å². The van der Waals surface area contributed by atoms with Crippen molar-refractivity contribution < 1.29 is 9.53 Å². The molecular weight excluding hydrogens is 238 g/mol. The van der Waals surface area contributed by atoms with E-state index < -0.39 is 0 Å². The van der Waals surface area contributed by atoms with Gasteiger partial charge in [0.1, 0.15) is 5.75 Å². The molecule has 1 aliphatic rings. The fourth-order valence-electron chi connectivity index (χ4n) is 2.23. The van der Waals surface area contributed by atoms with Crippen molar-refractivity contribution in [3.05, 3.63) is 59.7 Å². The van der Waals surface area contributed by atoms with Gasteiger partial charge in [-0.15, -0.1) is 0 Å². The molecule has 0 saturated heterocycles. The van der Waals surface area contributed by atoms with Crippen molar-refractivity contribution in [2.45, 2.75) is 12.8 Å². The molecule has 0 spiro atoms. The van der Waals surface area contributed by atoms with Gasteiger partial charge in [-0.2, -0.15) is 0 Å². The van der Waals surface area contributed by atoms with Crippen molar-refractivity contribution in [3.8, 4) is 5.75 Å². The fourth-order valence-corrected chi connectivity index (χ4v) is 2.23. The third kappa shape index (κ3) is 2.60. The Bertz CT molecular complexity index is 593. The monoisotopic (exact) mass is 253 g/mol. The van der Waals surface area contributed by atoms with Gasteiger partial charge >= 0.3 is 0 Å². The second-order valence-corrected chi connectivity index (χ2v) is 4.59. The Labute approximate surface area is 112 Å². The van der Waals surface area contributed by atoms with Crippen molar-refractivity contribution in [3.63, 3.8) is 0 Å². The zero-order chi connectivity index (χ0) is 13.1. The molecule has 3 nitrogen and oxygen atoms in total. The van der Waals surface area contributed by atoms with Gasteiger partial charge in [-0.3, -0.25) is 4.79 Å². The summed E-state index contributed by atoms with van der Waals surface area (Å²) in [5, 5.41) is 2.91.